The standard InChI is InChI=1S/C12H23NS/c1-12(2)6-8-14-9-11(12)13-7-5-10-3-4-10/h10-11,13H,3-9H2,1-2H3. The molecule has 2 fully saturated rings. The highest BCUT2D eigenvalue weighted by molar-refractivity contribution is 7.99. The minimum Gasteiger partial charge on any atom is -0.313 e. The van der Waals surface area contributed by atoms with Crippen LogP contribution < -0.4 is 5.32 Å². The number of nitrogens with one attached hydrogen (secondary N) is 1. The first-order valence-corrected chi connectivity index (χ1v) is 7.15. The zero-order valence-electron chi connectivity index (χ0n) is 9.51. The summed E-state index contributed by atoms with van der Waals surface area (Å²) in [5.41, 5.74) is 0.523. The molecule has 14 heavy (non-hydrogen) atoms. The summed E-state index contributed by atoms with van der Waals surface area (Å²) >= 11 is 2.12. The van der Waals surface area contributed by atoms with Crippen molar-refractivity contribution in [1.82, 2.24) is 5.32 Å². The van der Waals surface area contributed by atoms with Gasteiger partial charge in [-0.1, -0.05) is 26.7 Å². The summed E-state index contributed by atoms with van der Waals surface area (Å²) in [7, 11) is 0. The molecular formula is C12H23NS. The van der Waals surface area contributed by atoms with Crippen LogP contribution in [0.1, 0.15) is 39.5 Å². The van der Waals surface area contributed by atoms with Gasteiger partial charge >= 0.3 is 0 Å². The fourth-order valence-electron chi connectivity index (χ4n) is 2.14. The zero-order chi connectivity index (χ0) is 10.0. The highest BCUT2D eigenvalue weighted by Crippen LogP contribution is 2.35. The van der Waals surface area contributed by atoms with Gasteiger partial charge in [0.25, 0.3) is 0 Å². The first kappa shape index (κ1) is 10.8. The molecule has 1 saturated heterocycles. The predicted octanol–water partition coefficient (Wildman–Crippen LogP) is 2.91. The van der Waals surface area contributed by atoms with E-state index in [-0.39, 0.29) is 0 Å². The van der Waals surface area contributed by atoms with Gasteiger partial charge in [-0.2, -0.15) is 11.8 Å². The smallest absolute Gasteiger partial charge is 0.0209 e. The number of thioether (sulfide) groups is 1. The Bertz CT molecular complexity index is 187. The second kappa shape index (κ2) is 4.44. The summed E-state index contributed by atoms with van der Waals surface area (Å²) in [4.78, 5) is 0. The number of rotatable bonds is 4. The molecule has 82 valence electrons. The lowest BCUT2D eigenvalue weighted by Crippen LogP contribution is -2.46. The van der Waals surface area contributed by atoms with E-state index in [0.29, 0.717) is 5.41 Å². The summed E-state index contributed by atoms with van der Waals surface area (Å²) in [5, 5.41) is 3.76. The van der Waals surface area contributed by atoms with Gasteiger partial charge in [0.05, 0.1) is 0 Å². The van der Waals surface area contributed by atoms with Crippen molar-refractivity contribution in [3.05, 3.63) is 0 Å². The molecule has 2 rings (SSSR count). The highest BCUT2D eigenvalue weighted by atomic mass is 32.2. The molecule has 1 atom stereocenters. The first-order chi connectivity index (χ1) is 6.68. The van der Waals surface area contributed by atoms with Gasteiger partial charge in [0.15, 0.2) is 0 Å². The third kappa shape index (κ3) is 2.90. The van der Waals surface area contributed by atoms with Crippen LogP contribution in [-0.4, -0.2) is 24.1 Å². The van der Waals surface area contributed by atoms with E-state index in [2.05, 4.69) is 30.9 Å². The van der Waals surface area contributed by atoms with Gasteiger partial charge in [-0.05, 0) is 36.5 Å². The van der Waals surface area contributed by atoms with Crippen molar-refractivity contribution in [2.24, 2.45) is 11.3 Å². The largest absolute Gasteiger partial charge is 0.313 e. The summed E-state index contributed by atoms with van der Waals surface area (Å²) in [6.07, 6.45) is 5.77. The molecule has 0 amide bonds. The van der Waals surface area contributed by atoms with Crippen molar-refractivity contribution < 1.29 is 0 Å². The molecule has 0 spiro atoms. The van der Waals surface area contributed by atoms with Crippen LogP contribution in [0.3, 0.4) is 0 Å². The van der Waals surface area contributed by atoms with E-state index in [1.807, 2.05) is 0 Å². The Labute approximate surface area is 92.4 Å². The van der Waals surface area contributed by atoms with Crippen molar-refractivity contribution in [3.8, 4) is 0 Å². The lowest BCUT2D eigenvalue weighted by Gasteiger charge is -2.39. The number of hydrogen-bond acceptors (Lipinski definition) is 2. The molecular weight excluding hydrogens is 190 g/mol. The average molecular weight is 213 g/mol. The maximum absolute atomic E-state index is 3.76. The molecule has 1 aliphatic heterocycles. The van der Waals surface area contributed by atoms with E-state index in [1.54, 1.807) is 0 Å². The van der Waals surface area contributed by atoms with Crippen LogP contribution in [0.4, 0.5) is 0 Å². The van der Waals surface area contributed by atoms with Crippen molar-refractivity contribution >= 4 is 11.8 Å². The van der Waals surface area contributed by atoms with E-state index in [0.717, 1.165) is 12.0 Å². The fraction of sp³-hybridized carbons (Fsp3) is 1.00. The summed E-state index contributed by atoms with van der Waals surface area (Å²) in [6, 6.07) is 0.750. The van der Waals surface area contributed by atoms with Crippen molar-refractivity contribution in [1.29, 1.82) is 0 Å². The third-order valence-corrected chi connectivity index (χ3v) is 4.82. The Balaban J connectivity index is 1.70. The fourth-order valence-corrected chi connectivity index (χ4v) is 3.78. The lowest BCUT2D eigenvalue weighted by atomic mass is 9.82. The van der Waals surface area contributed by atoms with E-state index in [4.69, 9.17) is 0 Å². The second-order valence-electron chi connectivity index (χ2n) is 5.55. The molecule has 0 aromatic carbocycles. The topological polar surface area (TPSA) is 12.0 Å². The molecule has 1 nitrogen and oxygen atoms in total. The van der Waals surface area contributed by atoms with Gasteiger partial charge < -0.3 is 5.32 Å². The predicted molar refractivity (Wildman–Crippen MR) is 64.9 cm³/mol. The van der Waals surface area contributed by atoms with Gasteiger partial charge in [-0.25, -0.2) is 0 Å². The van der Waals surface area contributed by atoms with Gasteiger partial charge in [0, 0.05) is 11.8 Å². The molecule has 0 aromatic rings. The first-order valence-electron chi connectivity index (χ1n) is 5.99. The normalized spacial score (nSPS) is 31.7. The van der Waals surface area contributed by atoms with E-state index >= 15 is 0 Å². The van der Waals surface area contributed by atoms with Gasteiger partial charge in [0.1, 0.15) is 0 Å². The van der Waals surface area contributed by atoms with Gasteiger partial charge in [0.2, 0.25) is 0 Å². The molecule has 1 unspecified atom stereocenters. The quantitative estimate of drug-likeness (QED) is 0.770. The Morgan fingerprint density at radius 1 is 1.36 bits per heavy atom. The minimum atomic E-state index is 0.523. The molecule has 1 aliphatic carbocycles. The zero-order valence-corrected chi connectivity index (χ0v) is 10.3. The van der Waals surface area contributed by atoms with Crippen LogP contribution in [0.15, 0.2) is 0 Å². The monoisotopic (exact) mass is 213 g/mol. The SMILES string of the molecule is CC1(C)CCSCC1NCCC1CC1. The van der Waals surface area contributed by atoms with Gasteiger partial charge in [-0.15, -0.1) is 0 Å². The average Bonchev–Trinajstić information content (AvgIpc) is 2.91. The third-order valence-electron chi connectivity index (χ3n) is 3.76. The maximum Gasteiger partial charge on any atom is 0.0209 e. The Kier molecular flexibility index (Phi) is 3.43. The molecule has 2 aliphatic rings. The van der Waals surface area contributed by atoms with Crippen LogP contribution in [0.25, 0.3) is 0 Å². The molecule has 0 radical (unpaired) electrons. The van der Waals surface area contributed by atoms with Crippen molar-refractivity contribution in [2.75, 3.05) is 18.1 Å². The van der Waals surface area contributed by atoms with Crippen LogP contribution in [0, 0.1) is 11.3 Å². The Hall–Kier alpha value is 0.310. The Morgan fingerprint density at radius 2 is 2.14 bits per heavy atom. The van der Waals surface area contributed by atoms with Crippen molar-refractivity contribution in [3.63, 3.8) is 0 Å². The molecule has 2 heteroatoms. The highest BCUT2D eigenvalue weighted by Gasteiger charge is 2.32. The summed E-state index contributed by atoms with van der Waals surface area (Å²) < 4.78 is 0. The molecule has 0 aromatic heterocycles. The molecule has 1 saturated carbocycles. The van der Waals surface area contributed by atoms with Crippen LogP contribution in [0.5, 0.6) is 0 Å². The minimum absolute atomic E-state index is 0.523. The van der Waals surface area contributed by atoms with E-state index in [1.165, 1.54) is 43.7 Å². The van der Waals surface area contributed by atoms with Gasteiger partial charge in [-0.3, -0.25) is 0 Å². The maximum atomic E-state index is 3.76. The molecule has 1 heterocycles. The summed E-state index contributed by atoms with van der Waals surface area (Å²) in [6.45, 7) is 6.09. The van der Waals surface area contributed by atoms with Crippen LogP contribution in [-0.2, 0) is 0 Å². The Morgan fingerprint density at radius 3 is 2.79 bits per heavy atom. The molecule has 0 bridgehead atoms. The lowest BCUT2D eigenvalue weighted by molar-refractivity contribution is 0.245. The second-order valence-corrected chi connectivity index (χ2v) is 6.70. The van der Waals surface area contributed by atoms with Crippen molar-refractivity contribution in [2.45, 2.75) is 45.6 Å². The summed E-state index contributed by atoms with van der Waals surface area (Å²) in [5.74, 6) is 3.74. The van der Waals surface area contributed by atoms with Crippen LogP contribution >= 0.6 is 11.8 Å². The van der Waals surface area contributed by atoms with E-state index in [9.17, 15) is 0 Å². The number of hydrogen-bond donors (Lipinski definition) is 1. The van der Waals surface area contributed by atoms with E-state index < -0.39 is 0 Å². The molecule has 1 N–H and O–H groups in total. The van der Waals surface area contributed by atoms with Crippen LogP contribution in [0.2, 0.25) is 0 Å².